The molecular formula is C23H31ClF3NO6S2. The average Bonchev–Trinajstić information content (AvgIpc) is 3.22. The molecule has 0 aromatic carbocycles. The lowest BCUT2D eigenvalue weighted by Gasteiger charge is -2.19. The van der Waals surface area contributed by atoms with Crippen LogP contribution in [0.1, 0.15) is 48.3 Å². The Bertz CT molecular complexity index is 1020. The van der Waals surface area contributed by atoms with Crippen LogP contribution in [0.15, 0.2) is 30.4 Å². The van der Waals surface area contributed by atoms with Crippen molar-refractivity contribution in [1.29, 1.82) is 0 Å². The van der Waals surface area contributed by atoms with E-state index in [1.54, 1.807) is 35.6 Å². The number of hydrogen-bond acceptors (Lipinski definition) is 7. The van der Waals surface area contributed by atoms with Crippen molar-refractivity contribution in [3.05, 3.63) is 45.1 Å². The smallest absolute Gasteiger partial charge is 0.393 e. The highest BCUT2D eigenvalue weighted by molar-refractivity contribution is 7.90. The highest BCUT2D eigenvalue weighted by Gasteiger charge is 2.46. The number of carbonyl (C=O) groups is 1. The van der Waals surface area contributed by atoms with Crippen molar-refractivity contribution >= 4 is 38.9 Å². The summed E-state index contributed by atoms with van der Waals surface area (Å²) in [6.45, 7) is 1.93. The molecule has 0 spiro atoms. The van der Waals surface area contributed by atoms with Gasteiger partial charge in [0.1, 0.15) is 0 Å². The number of nitrogens with one attached hydrogen (secondary N) is 1. The highest BCUT2D eigenvalue weighted by atomic mass is 35.5. The van der Waals surface area contributed by atoms with Crippen LogP contribution in [-0.2, 0) is 21.2 Å². The Morgan fingerprint density at radius 2 is 2.00 bits per heavy atom. The van der Waals surface area contributed by atoms with Gasteiger partial charge in [0.25, 0.3) is 0 Å². The maximum atomic E-state index is 12.3. The Balaban J connectivity index is 1.78. The first-order chi connectivity index (χ1) is 16.7. The number of halogens is 4. The topological polar surface area (TPSA) is 124 Å². The van der Waals surface area contributed by atoms with Crippen molar-refractivity contribution in [2.24, 2.45) is 11.8 Å². The first-order valence-corrected chi connectivity index (χ1v) is 14.1. The van der Waals surface area contributed by atoms with Crippen LogP contribution in [0.4, 0.5) is 13.2 Å². The average molecular weight is 574 g/mol. The molecule has 1 unspecified atom stereocenters. The van der Waals surface area contributed by atoms with Gasteiger partial charge in [-0.2, -0.15) is 21.6 Å². The second-order valence-corrected chi connectivity index (χ2v) is 12.2. The van der Waals surface area contributed by atoms with E-state index in [4.69, 9.17) is 11.6 Å². The van der Waals surface area contributed by atoms with Crippen LogP contribution in [0.2, 0.25) is 5.02 Å². The van der Waals surface area contributed by atoms with E-state index in [9.17, 15) is 41.7 Å². The maximum absolute atomic E-state index is 12.3. The van der Waals surface area contributed by atoms with Crippen molar-refractivity contribution in [3.8, 4) is 0 Å². The van der Waals surface area contributed by atoms with Gasteiger partial charge in [0.05, 0.1) is 23.3 Å². The molecule has 1 aliphatic carbocycles. The van der Waals surface area contributed by atoms with Crippen molar-refractivity contribution in [2.45, 2.75) is 75.7 Å². The zero-order chi connectivity index (χ0) is 27.1. The van der Waals surface area contributed by atoms with Gasteiger partial charge >= 0.3 is 15.5 Å². The number of amides is 1. The monoisotopic (exact) mass is 573 g/mol. The summed E-state index contributed by atoms with van der Waals surface area (Å²) in [5.74, 6) is -1.90. The fourth-order valence-electron chi connectivity index (χ4n) is 4.00. The molecule has 5 atom stereocenters. The molecule has 1 amide bonds. The zero-order valence-corrected chi connectivity index (χ0v) is 22.0. The van der Waals surface area contributed by atoms with Gasteiger partial charge < -0.3 is 15.3 Å². The second kappa shape index (κ2) is 13.4. The van der Waals surface area contributed by atoms with Gasteiger partial charge in [-0.3, -0.25) is 4.79 Å². The van der Waals surface area contributed by atoms with Crippen LogP contribution >= 0.6 is 22.9 Å². The third kappa shape index (κ3) is 9.14. The molecule has 1 fully saturated rings. The van der Waals surface area contributed by atoms with Crippen molar-refractivity contribution < 1.29 is 41.7 Å². The summed E-state index contributed by atoms with van der Waals surface area (Å²) in [4.78, 5) is 13.5. The third-order valence-electron chi connectivity index (χ3n) is 5.97. The Labute approximate surface area is 217 Å². The molecule has 7 nitrogen and oxygen atoms in total. The lowest BCUT2D eigenvalue weighted by molar-refractivity contribution is -0.120. The maximum Gasteiger partial charge on any atom is 0.516 e. The van der Waals surface area contributed by atoms with E-state index in [1.165, 1.54) is 0 Å². The summed E-state index contributed by atoms with van der Waals surface area (Å²) >= 11 is 7.64. The summed E-state index contributed by atoms with van der Waals surface area (Å²) in [5.41, 5.74) is -5.55. The van der Waals surface area contributed by atoms with Crippen molar-refractivity contribution in [2.75, 3.05) is 0 Å². The number of aliphatic hydroxyl groups excluding tert-OH is 3. The van der Waals surface area contributed by atoms with Gasteiger partial charge in [-0.1, -0.05) is 35.9 Å². The number of alkyl halides is 3. The summed E-state index contributed by atoms with van der Waals surface area (Å²) in [5, 5.41) is 31.7. The number of rotatable bonds is 12. The molecule has 1 aliphatic rings. The Morgan fingerprint density at radius 1 is 1.31 bits per heavy atom. The van der Waals surface area contributed by atoms with Gasteiger partial charge in [-0.25, -0.2) is 4.72 Å². The SMILES string of the molecule is Cc1sc(CCC(O)C=C[C@@H]2[C@@H](CC=CCCCC(=O)NS(=O)(=O)C(F)(F)F)[C@@H](O)C[C@H]2O)cc1Cl. The van der Waals surface area contributed by atoms with E-state index in [1.807, 2.05) is 13.0 Å². The predicted molar refractivity (Wildman–Crippen MR) is 132 cm³/mol. The van der Waals surface area contributed by atoms with Crippen molar-refractivity contribution in [3.63, 3.8) is 0 Å². The highest BCUT2D eigenvalue weighted by Crippen LogP contribution is 2.36. The lowest BCUT2D eigenvalue weighted by atomic mass is 9.89. The number of thiophene rings is 1. The van der Waals surface area contributed by atoms with Crippen LogP contribution in [0.3, 0.4) is 0 Å². The summed E-state index contributed by atoms with van der Waals surface area (Å²) in [6.07, 6.45) is 6.36. The van der Waals surface area contributed by atoms with Crippen LogP contribution in [0, 0.1) is 18.8 Å². The number of allylic oxidation sites excluding steroid dienone is 2. The van der Waals surface area contributed by atoms with Gasteiger partial charge in [0.15, 0.2) is 0 Å². The quantitative estimate of drug-likeness (QED) is 0.221. The molecule has 4 N–H and O–H groups in total. The summed E-state index contributed by atoms with van der Waals surface area (Å²) < 4.78 is 59.6. The number of aryl methyl sites for hydroxylation is 2. The summed E-state index contributed by atoms with van der Waals surface area (Å²) in [7, 11) is -5.70. The Morgan fingerprint density at radius 3 is 2.61 bits per heavy atom. The molecule has 13 heteroatoms. The van der Waals surface area contributed by atoms with E-state index >= 15 is 0 Å². The molecule has 1 saturated carbocycles. The van der Waals surface area contributed by atoms with Crippen molar-refractivity contribution in [1.82, 2.24) is 4.72 Å². The van der Waals surface area contributed by atoms with Crippen LogP contribution in [0.5, 0.6) is 0 Å². The minimum absolute atomic E-state index is 0.135. The van der Waals surface area contributed by atoms with Gasteiger partial charge in [-0.05, 0) is 51.0 Å². The van der Waals surface area contributed by atoms with Crippen LogP contribution in [-0.4, -0.2) is 53.5 Å². The minimum atomic E-state index is -5.70. The van der Waals surface area contributed by atoms with E-state index in [0.29, 0.717) is 30.7 Å². The molecule has 1 aromatic rings. The largest absolute Gasteiger partial charge is 0.516 e. The van der Waals surface area contributed by atoms with Gasteiger partial charge in [0.2, 0.25) is 5.91 Å². The predicted octanol–water partition coefficient (Wildman–Crippen LogP) is 4.00. The van der Waals surface area contributed by atoms with Crippen LogP contribution < -0.4 is 4.72 Å². The number of sulfonamides is 1. The Hall–Kier alpha value is -1.44. The molecule has 1 aromatic heterocycles. The molecule has 0 saturated heterocycles. The summed E-state index contributed by atoms with van der Waals surface area (Å²) in [6, 6.07) is 1.88. The van der Waals surface area contributed by atoms with E-state index in [2.05, 4.69) is 0 Å². The molecule has 204 valence electrons. The van der Waals surface area contributed by atoms with Gasteiger partial charge in [-0.15, -0.1) is 11.3 Å². The van der Waals surface area contributed by atoms with Gasteiger partial charge in [0, 0.05) is 28.5 Å². The number of hydrogen-bond donors (Lipinski definition) is 4. The lowest BCUT2D eigenvalue weighted by Crippen LogP contribution is -2.40. The minimum Gasteiger partial charge on any atom is -0.393 e. The number of aliphatic hydroxyl groups is 3. The normalized spacial score (nSPS) is 24.1. The molecular weight excluding hydrogens is 543 g/mol. The number of unbranched alkanes of at least 4 members (excludes halogenated alkanes) is 1. The van der Waals surface area contributed by atoms with E-state index in [-0.39, 0.29) is 24.7 Å². The molecule has 0 radical (unpaired) electrons. The molecule has 0 aliphatic heterocycles. The second-order valence-electron chi connectivity index (χ2n) is 8.79. The number of carbonyl (C=O) groups excluding carboxylic acids is 1. The molecule has 36 heavy (non-hydrogen) atoms. The van der Waals surface area contributed by atoms with Crippen LogP contribution in [0.25, 0.3) is 0 Å². The fourth-order valence-corrected chi connectivity index (χ4v) is 5.78. The van der Waals surface area contributed by atoms with E-state index in [0.717, 1.165) is 14.5 Å². The molecule has 1 heterocycles. The molecule has 0 bridgehead atoms. The molecule has 2 rings (SSSR count). The first kappa shape index (κ1) is 30.8. The zero-order valence-electron chi connectivity index (χ0n) is 19.6. The Kier molecular flexibility index (Phi) is 11.4. The fraction of sp³-hybridized carbons (Fsp3) is 0.609. The van der Waals surface area contributed by atoms with E-state index < -0.39 is 46.2 Å². The first-order valence-electron chi connectivity index (χ1n) is 11.5. The third-order valence-corrected chi connectivity index (χ3v) is 8.69. The standard InChI is InChI=1S/C23H31ClF3NO6S2/c1-14-19(24)12-16(35-14)10-8-15(29)9-11-18-17(20(30)13-21(18)31)6-4-2-3-5-7-22(32)28-36(33,34)23(25,26)27/h2,4,9,11-12,15,17-18,20-21,29-31H,3,5-8,10,13H2,1H3,(H,28,32)/t15?,17-,18-,20+,21-/m1/s1.